The molecule has 4 rings (SSSR count). The molecule has 2 aromatic carbocycles. The third-order valence-corrected chi connectivity index (χ3v) is 12.2. The van der Waals surface area contributed by atoms with Gasteiger partial charge in [-0.25, -0.2) is 4.79 Å². The number of aromatic nitrogens is 2. The highest BCUT2D eigenvalue weighted by atomic mass is 28.4. The smallest absolute Gasteiger partial charge is 0.330 e. The van der Waals surface area contributed by atoms with E-state index in [9.17, 15) is 9.59 Å². The zero-order valence-corrected chi connectivity index (χ0v) is 23.8. The Morgan fingerprint density at radius 2 is 1.53 bits per heavy atom. The molecule has 0 saturated carbocycles. The van der Waals surface area contributed by atoms with Crippen molar-refractivity contribution in [2.24, 2.45) is 0 Å². The van der Waals surface area contributed by atoms with E-state index in [2.05, 4.69) is 50.0 Å². The van der Waals surface area contributed by atoms with E-state index in [-0.39, 0.29) is 11.1 Å². The van der Waals surface area contributed by atoms with Crippen LogP contribution in [-0.4, -0.2) is 56.5 Å². The van der Waals surface area contributed by atoms with Crippen molar-refractivity contribution in [3.8, 4) is 0 Å². The molecule has 0 bridgehead atoms. The zero-order chi connectivity index (χ0) is 27.3. The molecule has 1 saturated heterocycles. The van der Waals surface area contributed by atoms with Crippen LogP contribution in [0.15, 0.2) is 82.5 Å². The van der Waals surface area contributed by atoms with Crippen LogP contribution in [0.4, 0.5) is 0 Å². The van der Waals surface area contributed by atoms with Gasteiger partial charge in [0.15, 0.2) is 6.23 Å². The van der Waals surface area contributed by atoms with Gasteiger partial charge in [-0.05, 0) is 21.8 Å². The Morgan fingerprint density at radius 3 is 2.03 bits per heavy atom. The van der Waals surface area contributed by atoms with Crippen LogP contribution >= 0.6 is 0 Å². The summed E-state index contributed by atoms with van der Waals surface area (Å²) in [5, 5.41) is 2.04. The van der Waals surface area contributed by atoms with Crippen molar-refractivity contribution < 1.29 is 18.6 Å². The molecule has 0 spiro atoms. The second-order valence-electron chi connectivity index (χ2n) is 10.6. The number of ether oxygens (including phenoxy) is 3. The second kappa shape index (κ2) is 11.9. The van der Waals surface area contributed by atoms with Crippen molar-refractivity contribution >= 4 is 18.7 Å². The number of methoxy groups -OCH3 is 1. The molecule has 38 heavy (non-hydrogen) atoms. The molecule has 3 aromatic rings. The molecule has 1 aromatic heterocycles. The first-order valence-electron chi connectivity index (χ1n) is 13.1. The monoisotopic (exact) mass is 538 g/mol. The van der Waals surface area contributed by atoms with Gasteiger partial charge in [0.25, 0.3) is 13.9 Å². The van der Waals surface area contributed by atoms with E-state index in [1.54, 1.807) is 7.11 Å². The average Bonchev–Trinajstić information content (AvgIpc) is 3.24. The molecule has 8 nitrogen and oxygen atoms in total. The van der Waals surface area contributed by atoms with Gasteiger partial charge >= 0.3 is 5.69 Å². The van der Waals surface area contributed by atoms with E-state index in [4.69, 9.17) is 18.6 Å². The molecule has 1 aliphatic rings. The van der Waals surface area contributed by atoms with Gasteiger partial charge in [-0.3, -0.25) is 14.3 Å². The van der Waals surface area contributed by atoms with Gasteiger partial charge in [0.1, 0.15) is 12.2 Å². The van der Waals surface area contributed by atoms with Gasteiger partial charge in [-0.15, -0.1) is 0 Å². The Hall–Kier alpha value is -2.82. The average molecular weight is 539 g/mol. The normalized spacial score (nSPS) is 22.0. The highest BCUT2D eigenvalue weighted by molar-refractivity contribution is 6.99. The fraction of sp³-hybridized carbons (Fsp3) is 0.448. The molecule has 1 fully saturated rings. The van der Waals surface area contributed by atoms with Gasteiger partial charge in [-0.2, -0.15) is 0 Å². The molecule has 0 aliphatic carbocycles. The lowest BCUT2D eigenvalue weighted by Gasteiger charge is -2.46. The fourth-order valence-electron chi connectivity index (χ4n) is 5.37. The summed E-state index contributed by atoms with van der Waals surface area (Å²) in [5.41, 5.74) is -1.02. The lowest BCUT2D eigenvalue weighted by atomic mass is 10.1. The van der Waals surface area contributed by atoms with Crippen molar-refractivity contribution in [1.82, 2.24) is 9.55 Å². The van der Waals surface area contributed by atoms with Crippen LogP contribution in [0.25, 0.3) is 0 Å². The van der Waals surface area contributed by atoms with Crippen LogP contribution in [0.1, 0.15) is 40.3 Å². The van der Waals surface area contributed by atoms with Crippen LogP contribution in [0.3, 0.4) is 0 Å². The van der Waals surface area contributed by atoms with Crippen molar-refractivity contribution in [2.75, 3.05) is 20.3 Å². The second-order valence-corrected chi connectivity index (χ2v) is 14.8. The molecule has 0 amide bonds. The number of hydrogen-bond donors (Lipinski definition) is 1. The molecule has 9 heteroatoms. The van der Waals surface area contributed by atoms with Crippen LogP contribution in [0.5, 0.6) is 0 Å². The van der Waals surface area contributed by atoms with Crippen LogP contribution < -0.4 is 21.6 Å². The van der Waals surface area contributed by atoms with E-state index >= 15 is 0 Å². The van der Waals surface area contributed by atoms with Crippen LogP contribution in [0.2, 0.25) is 5.04 Å². The van der Waals surface area contributed by atoms with Crippen LogP contribution in [0, 0.1) is 0 Å². The predicted octanol–water partition coefficient (Wildman–Crippen LogP) is 2.82. The standard InChI is InChI=1S/C29H38N2O6Si/c1-6-23-25(26(35-20-19-34-5)27(36-23)31-18-17-24(32)30-28(31)33)37-38(29(2,3)4,21-13-9-7-10-14-21)22-15-11-8-12-16-22/h7-18,23,25-27H,6,19-20H2,1-5H3,(H,30,32,33)/t23-,25-,26-,27-/m1/s1. The summed E-state index contributed by atoms with van der Waals surface area (Å²) in [6, 6.07) is 22.1. The number of hydrogen-bond acceptors (Lipinski definition) is 6. The summed E-state index contributed by atoms with van der Waals surface area (Å²) in [7, 11) is -1.34. The highest BCUT2D eigenvalue weighted by Crippen LogP contribution is 2.42. The number of benzene rings is 2. The van der Waals surface area contributed by atoms with E-state index in [0.717, 1.165) is 10.4 Å². The molecule has 2 heterocycles. The topological polar surface area (TPSA) is 91.8 Å². The third-order valence-electron chi connectivity index (χ3n) is 7.14. The highest BCUT2D eigenvalue weighted by Gasteiger charge is 2.56. The number of nitrogens with zero attached hydrogens (tertiary/aromatic N) is 1. The maximum atomic E-state index is 12.8. The van der Waals surface area contributed by atoms with E-state index in [1.807, 2.05) is 43.3 Å². The zero-order valence-electron chi connectivity index (χ0n) is 22.8. The van der Waals surface area contributed by atoms with E-state index in [1.165, 1.54) is 16.8 Å². The largest absolute Gasteiger partial charge is 0.399 e. The molecule has 1 aliphatic heterocycles. The minimum Gasteiger partial charge on any atom is -0.399 e. The molecule has 0 unspecified atom stereocenters. The summed E-state index contributed by atoms with van der Waals surface area (Å²) < 4.78 is 26.9. The van der Waals surface area contributed by atoms with Gasteiger partial charge in [0.05, 0.1) is 19.3 Å². The quantitative estimate of drug-likeness (QED) is 0.315. The molecule has 0 radical (unpaired) electrons. The first-order valence-corrected chi connectivity index (χ1v) is 15.0. The first kappa shape index (κ1) is 28.2. The van der Waals surface area contributed by atoms with Gasteiger partial charge in [0.2, 0.25) is 0 Å². The van der Waals surface area contributed by atoms with Gasteiger partial charge in [-0.1, -0.05) is 88.4 Å². The summed E-state index contributed by atoms with van der Waals surface area (Å²) in [5.74, 6) is 0. The first-order chi connectivity index (χ1) is 18.2. The Labute approximate surface area is 224 Å². The van der Waals surface area contributed by atoms with Crippen molar-refractivity contribution in [3.05, 3.63) is 93.8 Å². The number of nitrogens with one attached hydrogen (secondary N) is 1. The van der Waals surface area contributed by atoms with Crippen LogP contribution in [-0.2, 0) is 18.6 Å². The predicted molar refractivity (Wildman–Crippen MR) is 150 cm³/mol. The third kappa shape index (κ3) is 5.48. The molecular weight excluding hydrogens is 500 g/mol. The number of rotatable bonds is 10. The van der Waals surface area contributed by atoms with Gasteiger partial charge in [0, 0.05) is 19.4 Å². The Balaban J connectivity index is 1.87. The summed E-state index contributed by atoms with van der Waals surface area (Å²) in [4.78, 5) is 26.9. The maximum absolute atomic E-state index is 12.8. The Kier molecular flexibility index (Phi) is 8.84. The number of H-pyrrole nitrogens is 1. The minimum absolute atomic E-state index is 0.252. The van der Waals surface area contributed by atoms with E-state index < -0.39 is 38.0 Å². The number of aromatic amines is 1. The van der Waals surface area contributed by atoms with E-state index in [0.29, 0.717) is 19.6 Å². The lowest BCUT2D eigenvalue weighted by molar-refractivity contribution is -0.0785. The van der Waals surface area contributed by atoms with Crippen molar-refractivity contribution in [3.63, 3.8) is 0 Å². The lowest BCUT2D eigenvalue weighted by Crippen LogP contribution is -2.69. The summed E-state index contributed by atoms with van der Waals surface area (Å²) >= 11 is 0. The maximum Gasteiger partial charge on any atom is 0.330 e. The molecular formula is C29H38N2O6Si. The summed E-state index contributed by atoms with van der Waals surface area (Å²) in [6.07, 6.45) is -0.0948. The Bertz CT molecular complexity index is 1250. The van der Waals surface area contributed by atoms with Gasteiger partial charge < -0.3 is 18.6 Å². The van der Waals surface area contributed by atoms with Crippen molar-refractivity contribution in [2.45, 2.75) is 63.7 Å². The summed E-state index contributed by atoms with van der Waals surface area (Å²) in [6.45, 7) is 9.39. The Morgan fingerprint density at radius 1 is 0.921 bits per heavy atom. The minimum atomic E-state index is -2.95. The molecule has 4 atom stereocenters. The molecule has 1 N–H and O–H groups in total. The fourth-order valence-corrected chi connectivity index (χ4v) is 10.1. The molecule has 204 valence electrons. The SMILES string of the molecule is CC[C@H]1O[C@@H](n2ccc(=O)[nH]c2=O)[C@H](OCCOC)[C@@H]1O[Si](c1ccccc1)(c1ccccc1)C(C)(C)C. The van der Waals surface area contributed by atoms with Crippen molar-refractivity contribution in [1.29, 1.82) is 0 Å².